The lowest BCUT2D eigenvalue weighted by Crippen LogP contribution is -2.32. The van der Waals surface area contributed by atoms with Crippen molar-refractivity contribution in [2.24, 2.45) is 5.92 Å². The number of rotatable bonds is 7. The molecule has 0 spiro atoms. The molecule has 0 radical (unpaired) electrons. The van der Waals surface area contributed by atoms with Gasteiger partial charge in [0, 0.05) is 6.61 Å². The Morgan fingerprint density at radius 2 is 2.04 bits per heavy atom. The van der Waals surface area contributed by atoms with E-state index in [4.69, 9.17) is 25.8 Å². The van der Waals surface area contributed by atoms with Crippen molar-refractivity contribution in [1.29, 1.82) is 0 Å². The van der Waals surface area contributed by atoms with Gasteiger partial charge in [0.2, 0.25) is 0 Å². The molecule has 0 N–H and O–H groups in total. The highest BCUT2D eigenvalue weighted by Gasteiger charge is 2.30. The van der Waals surface area contributed by atoms with Crippen molar-refractivity contribution in [1.82, 2.24) is 0 Å². The molecule has 0 aromatic heterocycles. The van der Waals surface area contributed by atoms with Gasteiger partial charge >= 0.3 is 11.9 Å². The zero-order valence-electron chi connectivity index (χ0n) is 15.0. The maximum absolute atomic E-state index is 12.5. The molecule has 1 aliphatic rings. The first-order chi connectivity index (χ1) is 12.5. The number of Topliss-reactive ketones (excluding diaryl/α,β-unsaturated/α-hetero) is 1. The van der Waals surface area contributed by atoms with E-state index in [1.54, 1.807) is 13.0 Å². The first-order valence-corrected chi connectivity index (χ1v) is 9.14. The summed E-state index contributed by atoms with van der Waals surface area (Å²) in [5.74, 6) is -1.84. The van der Waals surface area contributed by atoms with Gasteiger partial charge in [0.05, 0.1) is 29.2 Å². The average molecular weight is 383 g/mol. The van der Waals surface area contributed by atoms with Crippen molar-refractivity contribution in [3.63, 3.8) is 0 Å². The van der Waals surface area contributed by atoms with Gasteiger partial charge in [-0.1, -0.05) is 24.6 Å². The Morgan fingerprint density at radius 3 is 2.73 bits per heavy atom. The summed E-state index contributed by atoms with van der Waals surface area (Å²) in [5.41, 5.74) is 0.0228. The average Bonchev–Trinajstić information content (AvgIpc) is 2.61. The Kier molecular flexibility index (Phi) is 7.60. The molecule has 1 aromatic carbocycles. The molecule has 2 atom stereocenters. The van der Waals surface area contributed by atoms with Crippen molar-refractivity contribution < 1.29 is 28.6 Å². The standard InChI is InChI=1S/C19H23ClO6/c1-3-13-10-12(8-9-25-13)19(23)26-16-7-5-6-14(20)18(16)15(21)11-17(22)24-4-2/h5-7,12-13H,3-4,8-11H2,1-2H3. The van der Waals surface area contributed by atoms with Crippen molar-refractivity contribution in [2.75, 3.05) is 13.2 Å². The van der Waals surface area contributed by atoms with Gasteiger partial charge in [-0.25, -0.2) is 0 Å². The van der Waals surface area contributed by atoms with E-state index in [0.29, 0.717) is 19.4 Å². The molecule has 0 aliphatic carbocycles. The van der Waals surface area contributed by atoms with Gasteiger partial charge in [-0.15, -0.1) is 0 Å². The van der Waals surface area contributed by atoms with Gasteiger partial charge in [0.15, 0.2) is 5.78 Å². The number of ketones is 1. The molecule has 2 rings (SSSR count). The Morgan fingerprint density at radius 1 is 1.27 bits per heavy atom. The lowest BCUT2D eigenvalue weighted by Gasteiger charge is -2.27. The maximum Gasteiger partial charge on any atom is 0.314 e. The zero-order chi connectivity index (χ0) is 19.1. The smallest absolute Gasteiger partial charge is 0.314 e. The second kappa shape index (κ2) is 9.69. The Balaban J connectivity index is 2.14. The van der Waals surface area contributed by atoms with E-state index in [1.165, 1.54) is 12.1 Å². The van der Waals surface area contributed by atoms with Crippen LogP contribution >= 0.6 is 11.6 Å². The number of esters is 2. The zero-order valence-corrected chi connectivity index (χ0v) is 15.7. The van der Waals surface area contributed by atoms with Crippen LogP contribution in [0.25, 0.3) is 0 Å². The largest absolute Gasteiger partial charge is 0.466 e. The van der Waals surface area contributed by atoms with Crippen LogP contribution in [0.5, 0.6) is 5.75 Å². The van der Waals surface area contributed by atoms with Crippen LogP contribution in [0.1, 0.15) is 49.9 Å². The second-order valence-corrected chi connectivity index (χ2v) is 6.47. The van der Waals surface area contributed by atoms with Crippen molar-refractivity contribution >= 4 is 29.3 Å². The van der Waals surface area contributed by atoms with Crippen LogP contribution in [0, 0.1) is 5.92 Å². The van der Waals surface area contributed by atoms with E-state index in [9.17, 15) is 14.4 Å². The van der Waals surface area contributed by atoms with Gasteiger partial charge < -0.3 is 14.2 Å². The molecule has 1 fully saturated rings. The van der Waals surface area contributed by atoms with Crippen LogP contribution < -0.4 is 4.74 Å². The first kappa shape index (κ1) is 20.4. The fourth-order valence-corrected chi connectivity index (χ4v) is 3.13. The third-order valence-corrected chi connectivity index (χ3v) is 4.55. The molecule has 142 valence electrons. The molecule has 0 amide bonds. The molecule has 1 saturated heterocycles. The fraction of sp³-hybridized carbons (Fsp3) is 0.526. The summed E-state index contributed by atoms with van der Waals surface area (Å²) >= 11 is 6.12. The summed E-state index contributed by atoms with van der Waals surface area (Å²) < 4.78 is 15.8. The van der Waals surface area contributed by atoms with Crippen molar-refractivity contribution in [3.05, 3.63) is 28.8 Å². The third kappa shape index (κ3) is 5.29. The fourth-order valence-electron chi connectivity index (χ4n) is 2.86. The summed E-state index contributed by atoms with van der Waals surface area (Å²) in [4.78, 5) is 36.5. The van der Waals surface area contributed by atoms with E-state index >= 15 is 0 Å². The monoisotopic (exact) mass is 382 g/mol. The van der Waals surface area contributed by atoms with Gasteiger partial charge in [-0.05, 0) is 38.3 Å². The lowest BCUT2D eigenvalue weighted by molar-refractivity contribution is -0.144. The van der Waals surface area contributed by atoms with Crippen molar-refractivity contribution in [2.45, 2.75) is 45.6 Å². The topological polar surface area (TPSA) is 78.9 Å². The van der Waals surface area contributed by atoms with Crippen LogP contribution in [-0.2, 0) is 19.1 Å². The molecule has 6 nitrogen and oxygen atoms in total. The molecule has 1 aromatic rings. The molecule has 0 saturated carbocycles. The van der Waals surface area contributed by atoms with E-state index in [2.05, 4.69) is 0 Å². The predicted molar refractivity (Wildman–Crippen MR) is 95.4 cm³/mol. The normalized spacial score (nSPS) is 19.7. The van der Waals surface area contributed by atoms with Crippen LogP contribution in [0.15, 0.2) is 18.2 Å². The highest BCUT2D eigenvalue weighted by Crippen LogP contribution is 2.30. The van der Waals surface area contributed by atoms with E-state index in [1.807, 2.05) is 6.92 Å². The predicted octanol–water partition coefficient (Wildman–Crippen LogP) is 3.59. The Hall–Kier alpha value is -1.92. The number of benzene rings is 1. The Bertz CT molecular complexity index is 672. The van der Waals surface area contributed by atoms with Crippen LogP contribution in [-0.4, -0.2) is 37.0 Å². The minimum Gasteiger partial charge on any atom is -0.466 e. The number of halogens is 1. The molecule has 1 heterocycles. The van der Waals surface area contributed by atoms with E-state index in [-0.39, 0.29) is 35.0 Å². The van der Waals surface area contributed by atoms with Crippen LogP contribution in [0.4, 0.5) is 0 Å². The molecule has 26 heavy (non-hydrogen) atoms. The van der Waals surface area contributed by atoms with E-state index < -0.39 is 24.1 Å². The summed E-state index contributed by atoms with van der Waals surface area (Å²) in [6.07, 6.45) is 1.55. The van der Waals surface area contributed by atoms with Gasteiger partial charge in [-0.3, -0.25) is 14.4 Å². The minimum absolute atomic E-state index is 0.0228. The third-order valence-electron chi connectivity index (χ3n) is 4.23. The molecule has 1 aliphatic heterocycles. The van der Waals surface area contributed by atoms with Crippen LogP contribution in [0.3, 0.4) is 0 Å². The number of hydrogen-bond donors (Lipinski definition) is 0. The quantitative estimate of drug-likeness (QED) is 0.310. The SMILES string of the molecule is CCOC(=O)CC(=O)c1c(Cl)cccc1OC(=O)C1CCOC(CC)C1. The lowest BCUT2D eigenvalue weighted by atomic mass is 9.94. The molecule has 2 unspecified atom stereocenters. The highest BCUT2D eigenvalue weighted by atomic mass is 35.5. The first-order valence-electron chi connectivity index (χ1n) is 8.76. The van der Waals surface area contributed by atoms with E-state index in [0.717, 1.165) is 6.42 Å². The maximum atomic E-state index is 12.5. The highest BCUT2D eigenvalue weighted by molar-refractivity contribution is 6.34. The number of ether oxygens (including phenoxy) is 3. The second-order valence-electron chi connectivity index (χ2n) is 6.06. The summed E-state index contributed by atoms with van der Waals surface area (Å²) in [6, 6.07) is 4.60. The van der Waals surface area contributed by atoms with Gasteiger partial charge in [0.1, 0.15) is 12.2 Å². The van der Waals surface area contributed by atoms with Crippen LogP contribution in [0.2, 0.25) is 5.02 Å². The van der Waals surface area contributed by atoms with Crippen molar-refractivity contribution in [3.8, 4) is 5.75 Å². The minimum atomic E-state index is -0.648. The molecule has 7 heteroatoms. The number of carbonyl (C=O) groups excluding carboxylic acids is 3. The summed E-state index contributed by atoms with van der Waals surface area (Å²) in [7, 11) is 0. The molecular weight excluding hydrogens is 360 g/mol. The summed E-state index contributed by atoms with van der Waals surface area (Å²) in [6.45, 7) is 4.34. The molecule has 0 bridgehead atoms. The number of hydrogen-bond acceptors (Lipinski definition) is 6. The van der Waals surface area contributed by atoms with Gasteiger partial charge in [-0.2, -0.15) is 0 Å². The Labute approximate surface area is 157 Å². The summed E-state index contributed by atoms with van der Waals surface area (Å²) in [5, 5.41) is 0.128. The molecular formula is C19H23ClO6. The van der Waals surface area contributed by atoms with Gasteiger partial charge in [0.25, 0.3) is 0 Å². The number of carbonyl (C=O) groups is 3.